The van der Waals surface area contributed by atoms with Crippen molar-refractivity contribution in [1.29, 1.82) is 5.26 Å². The van der Waals surface area contributed by atoms with Crippen molar-refractivity contribution in [3.05, 3.63) is 27.9 Å². The molecule has 38 heavy (non-hydrogen) atoms. The highest BCUT2D eigenvalue weighted by atomic mass is 35.5. The van der Waals surface area contributed by atoms with Gasteiger partial charge < -0.3 is 10.2 Å². The summed E-state index contributed by atoms with van der Waals surface area (Å²) in [4.78, 5) is -0.374. The summed E-state index contributed by atoms with van der Waals surface area (Å²) in [5.74, 6) is -0.486. The van der Waals surface area contributed by atoms with Gasteiger partial charge in [0, 0.05) is 13.1 Å². The first-order chi connectivity index (χ1) is 17.0. The summed E-state index contributed by atoms with van der Waals surface area (Å²) in [7, 11) is -19.5. The molecule has 2 heterocycles. The zero-order valence-electron chi connectivity index (χ0n) is 19.6. The molecule has 20 heteroatoms. The van der Waals surface area contributed by atoms with Crippen LogP contribution in [0.4, 0.5) is 30.9 Å². The molecule has 1 aliphatic heterocycles. The van der Waals surface area contributed by atoms with Crippen LogP contribution >= 0.6 is 33.4 Å². The molecule has 0 saturated carbocycles. The van der Waals surface area contributed by atoms with Crippen molar-refractivity contribution in [3.8, 4) is 11.8 Å². The van der Waals surface area contributed by atoms with Crippen LogP contribution in [0.1, 0.15) is 18.5 Å². The van der Waals surface area contributed by atoms with Gasteiger partial charge in [-0.25, -0.2) is 21.5 Å². The Bertz CT molecular complexity index is 1480. The lowest BCUT2D eigenvalue weighted by Gasteiger charge is -2.40. The van der Waals surface area contributed by atoms with E-state index in [2.05, 4.69) is 10.4 Å². The summed E-state index contributed by atoms with van der Waals surface area (Å²) >= 11 is 11.9. The van der Waals surface area contributed by atoms with Crippen LogP contribution in [0.15, 0.2) is 17.0 Å². The monoisotopic (exact) mass is 646 g/mol. The van der Waals surface area contributed by atoms with Crippen molar-refractivity contribution in [2.75, 3.05) is 47.7 Å². The van der Waals surface area contributed by atoms with Crippen LogP contribution in [0.5, 0.6) is 0 Å². The molecule has 3 rings (SSSR count). The molecule has 1 fully saturated rings. The fourth-order valence-corrected chi connectivity index (χ4v) is 8.30. The fourth-order valence-electron chi connectivity index (χ4n) is 3.86. The van der Waals surface area contributed by atoms with E-state index in [1.54, 1.807) is 0 Å². The minimum Gasteiger partial charge on any atom is -0.367 e. The molecule has 214 valence electrons. The Morgan fingerprint density at radius 1 is 1.05 bits per heavy atom. The molecular formula is C18H21Cl2F5N6O4S3. The third kappa shape index (κ3) is 6.57. The van der Waals surface area contributed by atoms with E-state index in [0.29, 0.717) is 23.7 Å². The van der Waals surface area contributed by atoms with E-state index in [0.717, 1.165) is 25.9 Å². The van der Waals surface area contributed by atoms with Gasteiger partial charge in [0.1, 0.15) is 22.3 Å². The van der Waals surface area contributed by atoms with Gasteiger partial charge in [-0.15, -0.1) is 0 Å². The number of halogens is 7. The fraction of sp³-hybridized carbons (Fsp3) is 0.444. The Morgan fingerprint density at radius 3 is 1.97 bits per heavy atom. The molecular weight excluding hydrogens is 626 g/mol. The molecule has 0 atom stereocenters. The van der Waals surface area contributed by atoms with Crippen LogP contribution in [-0.4, -0.2) is 70.2 Å². The van der Waals surface area contributed by atoms with E-state index < -0.39 is 68.1 Å². The maximum atomic E-state index is 13.4. The number of sulfonamides is 2. The van der Waals surface area contributed by atoms with Crippen LogP contribution in [0.3, 0.4) is 0 Å². The first-order valence-corrected chi connectivity index (χ1v) is 16.9. The predicted molar refractivity (Wildman–Crippen MR) is 136 cm³/mol. The summed E-state index contributed by atoms with van der Waals surface area (Å²) in [6.45, 7) is 1.91. The first kappa shape index (κ1) is 30.5. The molecule has 0 bridgehead atoms. The number of hydrogen-bond acceptors (Lipinski definition) is 8. The van der Waals surface area contributed by atoms with E-state index in [-0.39, 0.29) is 22.4 Å². The van der Waals surface area contributed by atoms with E-state index in [1.807, 2.05) is 4.90 Å². The highest BCUT2D eigenvalue weighted by Crippen LogP contribution is 3.02. The van der Waals surface area contributed by atoms with Gasteiger partial charge in [0.15, 0.2) is 11.5 Å². The normalized spacial score (nSPS) is 17.1. The summed E-state index contributed by atoms with van der Waals surface area (Å²) < 4.78 is 117. The molecule has 0 amide bonds. The van der Waals surface area contributed by atoms with Crippen LogP contribution < -0.4 is 9.03 Å². The molecule has 1 aromatic carbocycles. The molecule has 0 spiro atoms. The van der Waals surface area contributed by atoms with Gasteiger partial charge in [-0.05, 0) is 38.1 Å². The summed E-state index contributed by atoms with van der Waals surface area (Å²) in [5.41, 5.74) is -2.19. The summed E-state index contributed by atoms with van der Waals surface area (Å²) in [6.07, 6.45) is 2.96. The highest BCUT2D eigenvalue weighted by molar-refractivity contribution is 8.45. The number of nitrogens with one attached hydrogen (secondary N) is 1. The average molecular weight is 648 g/mol. The van der Waals surface area contributed by atoms with Gasteiger partial charge in [-0.1, -0.05) is 42.6 Å². The van der Waals surface area contributed by atoms with Gasteiger partial charge in [0.25, 0.3) is 0 Å². The first-order valence-electron chi connectivity index (χ1n) is 10.5. The Hall–Kier alpha value is -2.04. The topological polar surface area (TPSA) is 128 Å². The SMILES string of the molecule is CS(=O)(=O)N(c1c(C#N)nn(-c2c(Cl)cc(S(F)(F)(F)(F)F)cc2Cl)c1NCCN1CCCC1)S(C)(=O)=O. The second-order valence-corrected chi connectivity index (χ2v) is 15.6. The van der Waals surface area contributed by atoms with Crippen LogP contribution in [0.25, 0.3) is 5.69 Å². The second-order valence-electron chi connectivity index (χ2n) is 8.47. The zero-order chi connectivity index (χ0) is 29.0. The lowest BCUT2D eigenvalue weighted by atomic mass is 10.3. The Morgan fingerprint density at radius 2 is 1.55 bits per heavy atom. The predicted octanol–water partition coefficient (Wildman–Crippen LogP) is 4.94. The van der Waals surface area contributed by atoms with E-state index in [9.17, 15) is 41.5 Å². The van der Waals surface area contributed by atoms with Crippen molar-refractivity contribution < 1.29 is 36.3 Å². The molecule has 2 aromatic rings. The maximum absolute atomic E-state index is 13.4. The quantitative estimate of drug-likeness (QED) is 0.379. The standard InChI is InChI=1S/C18H21Cl2F5N6O4S3/c1-36(32,33)31(37(2,34)35)17-15(11-26)28-30(18(17)27-5-8-29-6-3-4-7-29)16-13(19)9-12(10-14(16)20)38(21,22,23,24)25/h9-10,27H,3-8H2,1-2H3. The van der Waals surface area contributed by atoms with Crippen molar-refractivity contribution in [1.82, 2.24) is 14.7 Å². The molecule has 0 aliphatic carbocycles. The Balaban J connectivity index is 2.31. The lowest BCUT2D eigenvalue weighted by molar-refractivity contribution is 0.352. The minimum atomic E-state index is -10.2. The number of aromatic nitrogens is 2. The van der Waals surface area contributed by atoms with Gasteiger partial charge in [-0.3, -0.25) is 0 Å². The Kier molecular flexibility index (Phi) is 7.44. The van der Waals surface area contributed by atoms with Crippen molar-refractivity contribution in [2.45, 2.75) is 17.7 Å². The average Bonchev–Trinajstić information content (AvgIpc) is 3.33. The molecule has 0 unspecified atom stereocenters. The molecule has 0 radical (unpaired) electrons. The number of rotatable bonds is 9. The van der Waals surface area contributed by atoms with Crippen LogP contribution in [0.2, 0.25) is 10.0 Å². The van der Waals surface area contributed by atoms with Gasteiger partial charge in [0.2, 0.25) is 20.0 Å². The smallest absolute Gasteiger partial charge is 0.310 e. The molecule has 10 nitrogen and oxygen atoms in total. The largest absolute Gasteiger partial charge is 0.367 e. The highest BCUT2D eigenvalue weighted by Gasteiger charge is 2.65. The number of likely N-dealkylation sites (tertiary alicyclic amines) is 1. The van der Waals surface area contributed by atoms with Gasteiger partial charge >= 0.3 is 10.2 Å². The number of nitriles is 1. The molecule has 1 saturated heterocycles. The zero-order valence-corrected chi connectivity index (χ0v) is 23.6. The summed E-state index contributed by atoms with van der Waals surface area (Å²) in [5, 5.41) is 14.3. The van der Waals surface area contributed by atoms with Gasteiger partial charge in [0.05, 0.1) is 22.6 Å². The van der Waals surface area contributed by atoms with E-state index >= 15 is 0 Å². The number of benzene rings is 1. The van der Waals surface area contributed by atoms with Crippen LogP contribution in [0, 0.1) is 11.3 Å². The second kappa shape index (κ2) is 9.27. The lowest BCUT2D eigenvalue weighted by Crippen LogP contribution is -2.36. The number of anilines is 2. The molecule has 1 N–H and O–H groups in total. The molecule has 1 aromatic heterocycles. The van der Waals surface area contributed by atoms with E-state index in [4.69, 9.17) is 23.2 Å². The number of nitrogens with zero attached hydrogens (tertiary/aromatic N) is 5. The third-order valence-corrected chi connectivity index (χ3v) is 10.2. The van der Waals surface area contributed by atoms with Crippen molar-refractivity contribution in [2.24, 2.45) is 0 Å². The van der Waals surface area contributed by atoms with Crippen LogP contribution in [-0.2, 0) is 20.0 Å². The van der Waals surface area contributed by atoms with Gasteiger partial charge in [-0.2, -0.15) is 14.1 Å². The summed E-state index contributed by atoms with van der Waals surface area (Å²) in [6, 6.07) is 1.36. The van der Waals surface area contributed by atoms with Crippen molar-refractivity contribution >= 4 is 65.0 Å². The minimum absolute atomic E-state index is 0.0315. The third-order valence-electron chi connectivity index (χ3n) is 5.32. The Labute approximate surface area is 225 Å². The molecule has 1 aliphatic rings. The maximum Gasteiger partial charge on any atom is 0.310 e. The van der Waals surface area contributed by atoms with E-state index in [1.165, 1.54) is 6.07 Å². The number of hydrogen-bond donors (Lipinski definition) is 1. The van der Waals surface area contributed by atoms with Crippen molar-refractivity contribution in [3.63, 3.8) is 0 Å².